The van der Waals surface area contributed by atoms with E-state index in [2.05, 4.69) is 5.32 Å². The molecule has 19 heavy (non-hydrogen) atoms. The smallest absolute Gasteiger partial charge is 0.220 e. The van der Waals surface area contributed by atoms with Gasteiger partial charge in [0, 0.05) is 20.1 Å². The normalized spacial score (nSPS) is 12.5. The second-order valence-corrected chi connectivity index (χ2v) is 4.26. The number of benzene rings is 1. The van der Waals surface area contributed by atoms with Crippen molar-refractivity contribution >= 4 is 12.0 Å². The van der Waals surface area contributed by atoms with Crippen LogP contribution in [0.1, 0.15) is 18.4 Å². The number of hydrogen-bond donors (Lipinski definition) is 2. The lowest BCUT2D eigenvalue weighted by Gasteiger charge is -2.10. The Morgan fingerprint density at radius 3 is 2.84 bits per heavy atom. The van der Waals surface area contributed by atoms with E-state index in [0.29, 0.717) is 12.8 Å². The number of nitrogens with one attached hydrogen (secondary N) is 1. The molecule has 0 bridgehead atoms. The van der Waals surface area contributed by atoms with Crippen molar-refractivity contribution in [3.05, 3.63) is 42.0 Å². The van der Waals surface area contributed by atoms with Gasteiger partial charge in [0.25, 0.3) is 0 Å². The molecule has 1 unspecified atom stereocenters. The Kier molecular flexibility index (Phi) is 7.54. The molecule has 104 valence electrons. The lowest BCUT2D eigenvalue weighted by molar-refractivity contribution is -0.121. The Balaban J connectivity index is 2.15. The van der Waals surface area contributed by atoms with E-state index in [4.69, 9.17) is 4.74 Å². The van der Waals surface area contributed by atoms with E-state index in [-0.39, 0.29) is 19.1 Å². The van der Waals surface area contributed by atoms with Crippen LogP contribution < -0.4 is 5.32 Å². The molecule has 1 aromatic rings. The fraction of sp³-hybridized carbons (Fsp3) is 0.400. The Labute approximate surface area is 114 Å². The summed E-state index contributed by atoms with van der Waals surface area (Å²) in [5.74, 6) is -0.0622. The van der Waals surface area contributed by atoms with Crippen molar-refractivity contribution in [1.82, 2.24) is 5.32 Å². The molecule has 0 aliphatic rings. The van der Waals surface area contributed by atoms with Gasteiger partial charge in [0.15, 0.2) is 0 Å². The summed E-state index contributed by atoms with van der Waals surface area (Å²) >= 11 is 0. The van der Waals surface area contributed by atoms with Crippen LogP contribution in [0.25, 0.3) is 6.08 Å². The summed E-state index contributed by atoms with van der Waals surface area (Å²) in [5, 5.41) is 12.0. The molecule has 0 spiro atoms. The lowest BCUT2D eigenvalue weighted by atomic mass is 10.2. The van der Waals surface area contributed by atoms with Gasteiger partial charge in [-0.15, -0.1) is 0 Å². The van der Waals surface area contributed by atoms with Gasteiger partial charge >= 0.3 is 0 Å². The molecule has 0 fully saturated rings. The minimum absolute atomic E-state index is 0.0622. The zero-order valence-electron chi connectivity index (χ0n) is 11.2. The molecule has 1 rings (SSSR count). The minimum Gasteiger partial charge on any atom is -0.389 e. The Bertz CT molecular complexity index is 390. The average molecular weight is 263 g/mol. The number of allylic oxidation sites excluding steroid dienone is 1. The highest BCUT2D eigenvalue weighted by Gasteiger charge is 2.05. The first-order chi connectivity index (χ1) is 9.22. The van der Waals surface area contributed by atoms with Crippen molar-refractivity contribution in [3.8, 4) is 0 Å². The maximum atomic E-state index is 11.5. The summed E-state index contributed by atoms with van der Waals surface area (Å²) < 4.78 is 4.77. The van der Waals surface area contributed by atoms with Crippen LogP contribution in [0.3, 0.4) is 0 Å². The van der Waals surface area contributed by atoms with E-state index in [1.165, 1.54) is 7.11 Å². The van der Waals surface area contributed by atoms with Crippen LogP contribution >= 0.6 is 0 Å². The maximum Gasteiger partial charge on any atom is 0.220 e. The molecule has 1 aromatic carbocycles. The highest BCUT2D eigenvalue weighted by atomic mass is 16.5. The fourth-order valence-electron chi connectivity index (χ4n) is 1.57. The van der Waals surface area contributed by atoms with Gasteiger partial charge < -0.3 is 15.2 Å². The maximum absolute atomic E-state index is 11.5. The van der Waals surface area contributed by atoms with Gasteiger partial charge in [-0.25, -0.2) is 0 Å². The third-order valence-electron chi connectivity index (χ3n) is 2.54. The predicted octanol–water partition coefficient (Wildman–Crippen LogP) is 1.60. The minimum atomic E-state index is -0.645. The molecule has 0 aromatic heterocycles. The number of ether oxygens (including phenoxy) is 1. The highest BCUT2D eigenvalue weighted by Crippen LogP contribution is 2.02. The van der Waals surface area contributed by atoms with Gasteiger partial charge in [-0.3, -0.25) is 4.79 Å². The highest BCUT2D eigenvalue weighted by molar-refractivity contribution is 5.76. The molecule has 0 aliphatic heterocycles. The summed E-state index contributed by atoms with van der Waals surface area (Å²) in [6.07, 6.45) is 4.42. The van der Waals surface area contributed by atoms with E-state index >= 15 is 0 Å². The summed E-state index contributed by atoms with van der Waals surface area (Å²) in [4.78, 5) is 11.5. The molecule has 2 N–H and O–H groups in total. The molecule has 0 saturated heterocycles. The van der Waals surface area contributed by atoms with Crippen LogP contribution in [0.15, 0.2) is 36.4 Å². The second kappa shape index (κ2) is 9.30. The van der Waals surface area contributed by atoms with Gasteiger partial charge in [0.1, 0.15) is 0 Å². The number of aliphatic hydroxyl groups excluding tert-OH is 1. The van der Waals surface area contributed by atoms with Gasteiger partial charge in [-0.1, -0.05) is 42.5 Å². The van der Waals surface area contributed by atoms with Gasteiger partial charge in [-0.2, -0.15) is 0 Å². The van der Waals surface area contributed by atoms with Crippen LogP contribution in [-0.2, 0) is 9.53 Å². The molecule has 0 radical (unpaired) electrons. The van der Waals surface area contributed by atoms with E-state index in [0.717, 1.165) is 5.56 Å². The first-order valence-corrected chi connectivity index (χ1v) is 6.37. The first-order valence-electron chi connectivity index (χ1n) is 6.37. The van der Waals surface area contributed by atoms with Crippen molar-refractivity contribution < 1.29 is 14.6 Å². The molecule has 0 saturated carbocycles. The number of rotatable bonds is 8. The molecule has 0 aliphatic carbocycles. The number of carbonyl (C=O) groups excluding carboxylic acids is 1. The number of aliphatic hydroxyl groups is 1. The number of carbonyl (C=O) groups is 1. The van der Waals surface area contributed by atoms with Gasteiger partial charge in [0.05, 0.1) is 12.7 Å². The van der Waals surface area contributed by atoms with Crippen molar-refractivity contribution in [2.24, 2.45) is 0 Å². The average Bonchev–Trinajstić information content (AvgIpc) is 2.43. The summed E-state index contributed by atoms with van der Waals surface area (Å²) in [7, 11) is 1.51. The lowest BCUT2D eigenvalue weighted by Crippen LogP contribution is -2.34. The van der Waals surface area contributed by atoms with Crippen molar-refractivity contribution in [1.29, 1.82) is 0 Å². The Morgan fingerprint density at radius 2 is 2.16 bits per heavy atom. The molecule has 1 atom stereocenters. The molecule has 4 heteroatoms. The zero-order chi connectivity index (χ0) is 13.9. The molecular formula is C15H21NO3. The van der Waals surface area contributed by atoms with Crippen molar-refractivity contribution in [2.75, 3.05) is 20.3 Å². The summed E-state index contributed by atoms with van der Waals surface area (Å²) in [6.45, 7) is 0.462. The van der Waals surface area contributed by atoms with E-state index in [1.807, 2.05) is 42.5 Å². The zero-order valence-corrected chi connectivity index (χ0v) is 11.2. The van der Waals surface area contributed by atoms with Crippen LogP contribution in [-0.4, -0.2) is 37.4 Å². The quantitative estimate of drug-likeness (QED) is 0.749. The van der Waals surface area contributed by atoms with Gasteiger partial charge in [0.2, 0.25) is 5.91 Å². The molecular weight excluding hydrogens is 242 g/mol. The first kappa shape index (κ1) is 15.4. The standard InChI is InChI=1S/C15H21NO3/c1-19-12-14(17)11-16-15(18)10-6-5-9-13-7-3-2-4-8-13/h2-5,7-9,14,17H,6,10-12H2,1H3,(H,16,18)/b9-5+. The fourth-order valence-corrected chi connectivity index (χ4v) is 1.57. The number of amides is 1. The second-order valence-electron chi connectivity index (χ2n) is 4.26. The molecule has 0 heterocycles. The monoisotopic (exact) mass is 263 g/mol. The molecule has 4 nitrogen and oxygen atoms in total. The van der Waals surface area contributed by atoms with Crippen LogP contribution in [0.4, 0.5) is 0 Å². The van der Waals surface area contributed by atoms with Crippen molar-refractivity contribution in [2.45, 2.75) is 18.9 Å². The Morgan fingerprint density at radius 1 is 1.42 bits per heavy atom. The van der Waals surface area contributed by atoms with Gasteiger partial charge in [-0.05, 0) is 12.0 Å². The largest absolute Gasteiger partial charge is 0.389 e. The van der Waals surface area contributed by atoms with Crippen molar-refractivity contribution in [3.63, 3.8) is 0 Å². The summed E-state index contributed by atoms with van der Waals surface area (Å²) in [5.41, 5.74) is 1.12. The predicted molar refractivity (Wildman–Crippen MR) is 75.6 cm³/mol. The van der Waals surface area contributed by atoms with E-state index in [9.17, 15) is 9.90 Å². The third-order valence-corrected chi connectivity index (χ3v) is 2.54. The van der Waals surface area contributed by atoms with E-state index in [1.54, 1.807) is 0 Å². The summed E-state index contributed by atoms with van der Waals surface area (Å²) in [6, 6.07) is 9.94. The van der Waals surface area contributed by atoms with Crippen LogP contribution in [0.2, 0.25) is 0 Å². The SMILES string of the molecule is COCC(O)CNC(=O)CC/C=C/c1ccccc1. The third kappa shape index (κ3) is 7.39. The van der Waals surface area contributed by atoms with Crippen LogP contribution in [0.5, 0.6) is 0 Å². The Hall–Kier alpha value is -1.65. The van der Waals surface area contributed by atoms with Crippen LogP contribution in [0, 0.1) is 0 Å². The molecule has 1 amide bonds. The number of methoxy groups -OCH3 is 1. The number of hydrogen-bond acceptors (Lipinski definition) is 3. The van der Waals surface area contributed by atoms with E-state index < -0.39 is 6.10 Å². The topological polar surface area (TPSA) is 58.6 Å².